The summed E-state index contributed by atoms with van der Waals surface area (Å²) in [6.45, 7) is 0. The van der Waals surface area contributed by atoms with Crippen LogP contribution in [-0.2, 0) is 0 Å². The molecule has 1 aromatic heterocycles. The van der Waals surface area contributed by atoms with Crippen molar-refractivity contribution in [3.05, 3.63) is 22.8 Å². The molecule has 1 heterocycles. The van der Waals surface area contributed by atoms with Crippen LogP contribution in [0.15, 0.2) is 22.8 Å². The average Bonchev–Trinajstić information content (AvgIpc) is 1.90. The summed E-state index contributed by atoms with van der Waals surface area (Å²) in [5, 5.41) is 8.05. The Balaban J connectivity index is 2.88. The van der Waals surface area contributed by atoms with Gasteiger partial charge in [0.05, 0.1) is 0 Å². The SMILES string of the molecule is OOc1ccc(Br)cn1. The molecule has 0 amide bonds. The van der Waals surface area contributed by atoms with Crippen molar-refractivity contribution >= 4 is 15.9 Å². The van der Waals surface area contributed by atoms with Crippen molar-refractivity contribution in [1.82, 2.24) is 4.98 Å². The van der Waals surface area contributed by atoms with Gasteiger partial charge in [-0.2, -0.15) is 0 Å². The first kappa shape index (κ1) is 6.51. The molecule has 0 saturated heterocycles. The number of rotatable bonds is 1. The van der Waals surface area contributed by atoms with Gasteiger partial charge in [-0.05, 0) is 22.0 Å². The van der Waals surface area contributed by atoms with E-state index in [-0.39, 0.29) is 5.88 Å². The number of hydrogen-bond acceptors (Lipinski definition) is 3. The van der Waals surface area contributed by atoms with Crippen molar-refractivity contribution in [1.29, 1.82) is 0 Å². The van der Waals surface area contributed by atoms with Crippen molar-refractivity contribution in [3.63, 3.8) is 0 Å². The van der Waals surface area contributed by atoms with Gasteiger partial charge in [0.25, 0.3) is 5.88 Å². The average molecular weight is 190 g/mol. The monoisotopic (exact) mass is 189 g/mol. The van der Waals surface area contributed by atoms with E-state index in [0.29, 0.717) is 0 Å². The molecule has 4 heteroatoms. The zero-order valence-corrected chi connectivity index (χ0v) is 6.00. The number of aromatic nitrogens is 1. The Morgan fingerprint density at radius 3 is 2.78 bits per heavy atom. The van der Waals surface area contributed by atoms with Gasteiger partial charge >= 0.3 is 0 Å². The Hall–Kier alpha value is -0.610. The highest BCUT2D eigenvalue weighted by atomic mass is 79.9. The second-order valence-electron chi connectivity index (χ2n) is 1.41. The van der Waals surface area contributed by atoms with E-state index in [0.717, 1.165) is 4.47 Å². The summed E-state index contributed by atoms with van der Waals surface area (Å²) < 4.78 is 0.850. The maximum atomic E-state index is 8.05. The highest BCUT2D eigenvalue weighted by Crippen LogP contribution is 2.10. The molecule has 0 aromatic carbocycles. The minimum absolute atomic E-state index is 0.193. The van der Waals surface area contributed by atoms with Gasteiger partial charge in [0.15, 0.2) is 0 Å². The lowest BCUT2D eigenvalue weighted by Gasteiger charge is -1.92. The number of hydrogen-bond donors (Lipinski definition) is 1. The highest BCUT2D eigenvalue weighted by molar-refractivity contribution is 9.10. The minimum atomic E-state index is 0.193. The van der Waals surface area contributed by atoms with Gasteiger partial charge in [-0.1, -0.05) is 0 Å². The lowest BCUT2D eigenvalue weighted by molar-refractivity contribution is -0.141. The molecule has 0 fully saturated rings. The van der Waals surface area contributed by atoms with Gasteiger partial charge in [-0.15, -0.1) is 0 Å². The molecule has 0 spiro atoms. The van der Waals surface area contributed by atoms with E-state index in [2.05, 4.69) is 25.8 Å². The lowest BCUT2D eigenvalue weighted by atomic mass is 10.5. The van der Waals surface area contributed by atoms with Crippen molar-refractivity contribution < 1.29 is 10.1 Å². The second-order valence-corrected chi connectivity index (χ2v) is 2.32. The Morgan fingerprint density at radius 1 is 1.56 bits per heavy atom. The fourth-order valence-corrected chi connectivity index (χ4v) is 0.651. The molecule has 0 saturated carbocycles. The Morgan fingerprint density at radius 2 is 2.33 bits per heavy atom. The molecule has 1 aromatic rings. The van der Waals surface area contributed by atoms with E-state index in [4.69, 9.17) is 5.26 Å². The van der Waals surface area contributed by atoms with E-state index >= 15 is 0 Å². The summed E-state index contributed by atoms with van der Waals surface area (Å²) >= 11 is 3.17. The molecule has 0 unspecified atom stereocenters. The predicted octanol–water partition coefficient (Wildman–Crippen LogP) is 1.70. The first-order valence-corrected chi connectivity index (χ1v) is 3.05. The molecule has 1 N–H and O–H groups in total. The fraction of sp³-hybridized carbons (Fsp3) is 0. The topological polar surface area (TPSA) is 42.4 Å². The van der Waals surface area contributed by atoms with Crippen LogP contribution in [0, 0.1) is 0 Å². The van der Waals surface area contributed by atoms with Crippen LogP contribution in [-0.4, -0.2) is 10.2 Å². The molecule has 48 valence electrons. The van der Waals surface area contributed by atoms with Gasteiger partial charge < -0.3 is 4.89 Å². The molecule has 0 atom stereocenters. The van der Waals surface area contributed by atoms with Crippen LogP contribution in [0.2, 0.25) is 0 Å². The van der Waals surface area contributed by atoms with Crippen molar-refractivity contribution in [2.24, 2.45) is 0 Å². The number of pyridine rings is 1. The molecule has 0 aliphatic rings. The Labute approximate surface area is 60.4 Å². The van der Waals surface area contributed by atoms with Crippen LogP contribution in [0.4, 0.5) is 0 Å². The standard InChI is InChI=1S/C5H4BrNO2/c6-4-1-2-5(9-8)7-3-4/h1-3,8H. The zero-order chi connectivity index (χ0) is 6.69. The van der Waals surface area contributed by atoms with Crippen molar-refractivity contribution in [2.45, 2.75) is 0 Å². The van der Waals surface area contributed by atoms with Crippen molar-refractivity contribution in [2.75, 3.05) is 0 Å². The van der Waals surface area contributed by atoms with Crippen LogP contribution >= 0.6 is 15.9 Å². The van der Waals surface area contributed by atoms with Gasteiger partial charge in [0.2, 0.25) is 0 Å². The third-order valence-electron chi connectivity index (χ3n) is 0.794. The Bertz CT molecular complexity index is 187. The molecule has 3 nitrogen and oxygen atoms in total. The van der Waals surface area contributed by atoms with Gasteiger partial charge in [-0.3, -0.25) is 0 Å². The van der Waals surface area contributed by atoms with Crippen molar-refractivity contribution in [3.8, 4) is 5.88 Å². The maximum Gasteiger partial charge on any atom is 0.255 e. The molecular weight excluding hydrogens is 186 g/mol. The van der Waals surface area contributed by atoms with E-state index < -0.39 is 0 Å². The van der Waals surface area contributed by atoms with E-state index in [9.17, 15) is 0 Å². The first-order valence-electron chi connectivity index (χ1n) is 2.26. The largest absolute Gasteiger partial charge is 0.320 e. The molecule has 9 heavy (non-hydrogen) atoms. The minimum Gasteiger partial charge on any atom is -0.320 e. The predicted molar refractivity (Wildman–Crippen MR) is 35.2 cm³/mol. The van der Waals surface area contributed by atoms with Crippen LogP contribution in [0.25, 0.3) is 0 Å². The van der Waals surface area contributed by atoms with E-state index in [1.807, 2.05) is 0 Å². The van der Waals surface area contributed by atoms with Gasteiger partial charge in [0.1, 0.15) is 0 Å². The summed E-state index contributed by atoms with van der Waals surface area (Å²) in [6.07, 6.45) is 1.53. The van der Waals surface area contributed by atoms with Crippen LogP contribution in [0.1, 0.15) is 0 Å². The summed E-state index contributed by atoms with van der Waals surface area (Å²) in [7, 11) is 0. The van der Waals surface area contributed by atoms with Crippen LogP contribution < -0.4 is 4.89 Å². The van der Waals surface area contributed by atoms with E-state index in [1.54, 1.807) is 12.1 Å². The quantitative estimate of drug-likeness (QED) is 0.541. The molecule has 0 bridgehead atoms. The smallest absolute Gasteiger partial charge is 0.255 e. The second kappa shape index (κ2) is 2.80. The van der Waals surface area contributed by atoms with Gasteiger partial charge in [0, 0.05) is 16.7 Å². The first-order chi connectivity index (χ1) is 4.33. The van der Waals surface area contributed by atoms with Gasteiger partial charge in [-0.25, -0.2) is 10.2 Å². The van der Waals surface area contributed by atoms with Crippen LogP contribution in [0.5, 0.6) is 5.88 Å². The molecular formula is C5H4BrNO2. The molecule has 0 aliphatic carbocycles. The summed E-state index contributed by atoms with van der Waals surface area (Å²) in [4.78, 5) is 7.51. The third kappa shape index (κ3) is 1.65. The fourth-order valence-electron chi connectivity index (χ4n) is 0.416. The number of nitrogens with zero attached hydrogens (tertiary/aromatic N) is 1. The van der Waals surface area contributed by atoms with Crippen LogP contribution in [0.3, 0.4) is 0 Å². The summed E-state index contributed by atoms with van der Waals surface area (Å²) in [6, 6.07) is 3.27. The maximum absolute atomic E-state index is 8.05. The van der Waals surface area contributed by atoms with E-state index in [1.165, 1.54) is 6.20 Å². The lowest BCUT2D eigenvalue weighted by Crippen LogP contribution is -1.85. The molecule has 0 radical (unpaired) electrons. The highest BCUT2D eigenvalue weighted by Gasteiger charge is 1.90. The molecule has 0 aliphatic heterocycles. The normalized spacial score (nSPS) is 9.11. The third-order valence-corrected chi connectivity index (χ3v) is 1.26. The zero-order valence-electron chi connectivity index (χ0n) is 4.41. The Kier molecular flexibility index (Phi) is 2.02. The number of halogens is 1. The summed E-state index contributed by atoms with van der Waals surface area (Å²) in [5.41, 5.74) is 0. The molecule has 1 rings (SSSR count). The summed E-state index contributed by atoms with van der Waals surface area (Å²) in [5.74, 6) is 0.193.